The number of carbonyl (C=O) groups excluding carboxylic acids is 1. The number of piperazine rings is 1. The lowest BCUT2D eigenvalue weighted by atomic mass is 9.86. The van der Waals surface area contributed by atoms with E-state index in [-0.39, 0.29) is 5.91 Å². The normalized spacial score (nSPS) is 24.9. The highest BCUT2D eigenvalue weighted by atomic mass is 32.1. The van der Waals surface area contributed by atoms with Crippen molar-refractivity contribution in [3.05, 3.63) is 29.3 Å². The molecule has 146 valence electrons. The largest absolute Gasteiger partial charge is 0.352 e. The maximum Gasteiger partial charge on any atom is 0.234 e. The number of nitrogens with one attached hydrogen (secondary N) is 1. The zero-order chi connectivity index (χ0) is 18.6. The second kappa shape index (κ2) is 8.67. The fourth-order valence-corrected chi connectivity index (χ4v) is 5.28. The van der Waals surface area contributed by atoms with Crippen molar-refractivity contribution in [1.29, 1.82) is 0 Å². The quantitative estimate of drug-likeness (QED) is 0.858. The predicted octanol–water partition coefficient (Wildman–Crippen LogP) is 3.11. The molecule has 1 amide bonds. The van der Waals surface area contributed by atoms with Gasteiger partial charge in [-0.15, -0.1) is 11.3 Å². The number of hydrogen-bond donors (Lipinski definition) is 1. The van der Waals surface area contributed by atoms with Crippen LogP contribution in [0.2, 0.25) is 0 Å². The van der Waals surface area contributed by atoms with E-state index in [1.165, 1.54) is 29.0 Å². The van der Waals surface area contributed by atoms with E-state index in [4.69, 9.17) is 4.98 Å². The third-order valence-corrected chi connectivity index (χ3v) is 7.01. The summed E-state index contributed by atoms with van der Waals surface area (Å²) < 4.78 is 1.26. The first kappa shape index (κ1) is 18.8. The Morgan fingerprint density at radius 2 is 1.89 bits per heavy atom. The van der Waals surface area contributed by atoms with Crippen molar-refractivity contribution >= 4 is 27.5 Å². The van der Waals surface area contributed by atoms with Crippen molar-refractivity contribution in [2.45, 2.75) is 45.2 Å². The van der Waals surface area contributed by atoms with Crippen molar-refractivity contribution < 1.29 is 4.79 Å². The Kier molecular flexibility index (Phi) is 6.05. The summed E-state index contributed by atoms with van der Waals surface area (Å²) in [6.07, 6.45) is 4.95. The molecule has 0 radical (unpaired) electrons. The van der Waals surface area contributed by atoms with Crippen LogP contribution in [0.4, 0.5) is 0 Å². The molecule has 1 aromatic carbocycles. The second-order valence-corrected chi connectivity index (χ2v) is 9.18. The molecule has 2 heterocycles. The minimum Gasteiger partial charge on any atom is -0.352 e. The minimum atomic E-state index is 0.202. The second-order valence-electron chi connectivity index (χ2n) is 8.06. The molecule has 0 spiro atoms. The molecule has 27 heavy (non-hydrogen) atoms. The number of amides is 1. The third kappa shape index (κ3) is 4.86. The predicted molar refractivity (Wildman–Crippen MR) is 111 cm³/mol. The van der Waals surface area contributed by atoms with E-state index in [0.717, 1.165) is 44.7 Å². The molecule has 2 fully saturated rings. The highest BCUT2D eigenvalue weighted by molar-refractivity contribution is 7.18. The number of para-hydroxylation sites is 1. The molecule has 1 saturated heterocycles. The van der Waals surface area contributed by atoms with Gasteiger partial charge in [0, 0.05) is 32.2 Å². The first-order valence-electron chi connectivity index (χ1n) is 10.3. The molecule has 0 bridgehead atoms. The van der Waals surface area contributed by atoms with Gasteiger partial charge in [0.1, 0.15) is 5.01 Å². The highest BCUT2D eigenvalue weighted by Gasteiger charge is 2.25. The Hall–Kier alpha value is -1.50. The van der Waals surface area contributed by atoms with Crippen molar-refractivity contribution in [2.24, 2.45) is 5.92 Å². The molecule has 1 saturated carbocycles. The van der Waals surface area contributed by atoms with Gasteiger partial charge in [-0.2, -0.15) is 0 Å². The summed E-state index contributed by atoms with van der Waals surface area (Å²) in [6, 6.07) is 8.72. The Labute approximate surface area is 165 Å². The van der Waals surface area contributed by atoms with Crippen LogP contribution in [0.3, 0.4) is 0 Å². The summed E-state index contributed by atoms with van der Waals surface area (Å²) in [5.74, 6) is 0.821. The topological polar surface area (TPSA) is 48.5 Å². The van der Waals surface area contributed by atoms with Gasteiger partial charge in [-0.05, 0) is 30.9 Å². The molecule has 2 aliphatic rings. The molecule has 0 unspecified atom stereocenters. The summed E-state index contributed by atoms with van der Waals surface area (Å²) in [5.41, 5.74) is 1.10. The maximum absolute atomic E-state index is 12.4. The molecule has 2 aromatic rings. The van der Waals surface area contributed by atoms with E-state index < -0.39 is 0 Å². The number of nitrogens with zero attached hydrogens (tertiary/aromatic N) is 3. The van der Waals surface area contributed by atoms with Crippen molar-refractivity contribution in [3.8, 4) is 0 Å². The Morgan fingerprint density at radius 3 is 2.67 bits per heavy atom. The first-order valence-corrected chi connectivity index (χ1v) is 11.1. The summed E-state index contributed by atoms with van der Waals surface area (Å²) in [4.78, 5) is 21.9. The summed E-state index contributed by atoms with van der Waals surface area (Å²) in [6.45, 7) is 7.64. The van der Waals surface area contributed by atoms with E-state index >= 15 is 0 Å². The number of hydrogen-bond acceptors (Lipinski definition) is 5. The third-order valence-electron chi connectivity index (χ3n) is 5.99. The minimum absolute atomic E-state index is 0.202. The molecular formula is C21H30N4OS. The Morgan fingerprint density at radius 1 is 1.15 bits per heavy atom. The number of thiazole rings is 1. The summed E-state index contributed by atoms with van der Waals surface area (Å²) >= 11 is 1.79. The highest BCUT2D eigenvalue weighted by Crippen LogP contribution is 2.24. The van der Waals surface area contributed by atoms with Crippen LogP contribution in [0.25, 0.3) is 10.2 Å². The SMILES string of the molecule is C[C@@H]1CCCC[C@@H]1NC(=O)CN1CCN(Cc2nc3ccccc3s2)CC1. The van der Waals surface area contributed by atoms with E-state index in [1.54, 1.807) is 11.3 Å². The van der Waals surface area contributed by atoms with E-state index in [1.807, 2.05) is 6.07 Å². The zero-order valence-corrected chi connectivity index (χ0v) is 17.0. The van der Waals surface area contributed by atoms with Crippen LogP contribution in [0.5, 0.6) is 0 Å². The number of rotatable bonds is 5. The average Bonchev–Trinajstić information content (AvgIpc) is 3.07. The van der Waals surface area contributed by atoms with Gasteiger partial charge in [-0.25, -0.2) is 4.98 Å². The van der Waals surface area contributed by atoms with Gasteiger partial charge in [0.05, 0.1) is 23.3 Å². The summed E-state index contributed by atoms with van der Waals surface area (Å²) in [7, 11) is 0. The molecule has 1 N–H and O–H groups in total. The lowest BCUT2D eigenvalue weighted by Crippen LogP contribution is -2.51. The van der Waals surface area contributed by atoms with Gasteiger partial charge < -0.3 is 5.32 Å². The van der Waals surface area contributed by atoms with Gasteiger partial charge in [-0.3, -0.25) is 14.6 Å². The zero-order valence-electron chi connectivity index (χ0n) is 16.2. The molecule has 5 nitrogen and oxygen atoms in total. The van der Waals surface area contributed by atoms with Crippen LogP contribution in [0.1, 0.15) is 37.6 Å². The van der Waals surface area contributed by atoms with Gasteiger partial charge in [0.15, 0.2) is 0 Å². The maximum atomic E-state index is 12.4. The number of fused-ring (bicyclic) bond motifs is 1. The monoisotopic (exact) mass is 386 g/mol. The molecule has 1 aliphatic carbocycles. The smallest absolute Gasteiger partial charge is 0.234 e. The average molecular weight is 387 g/mol. The molecule has 6 heteroatoms. The first-order chi connectivity index (χ1) is 13.2. The lowest BCUT2D eigenvalue weighted by Gasteiger charge is -2.35. The van der Waals surface area contributed by atoms with Crippen molar-refractivity contribution in [3.63, 3.8) is 0 Å². The van der Waals surface area contributed by atoms with E-state index in [0.29, 0.717) is 18.5 Å². The van der Waals surface area contributed by atoms with E-state index in [9.17, 15) is 4.79 Å². The van der Waals surface area contributed by atoms with Gasteiger partial charge in [0.25, 0.3) is 0 Å². The number of carbonyl (C=O) groups is 1. The van der Waals surface area contributed by atoms with Crippen LogP contribution in [-0.2, 0) is 11.3 Å². The number of benzene rings is 1. The Bertz CT molecular complexity index is 735. The van der Waals surface area contributed by atoms with Crippen LogP contribution < -0.4 is 5.32 Å². The fourth-order valence-electron chi connectivity index (χ4n) is 4.27. The standard InChI is InChI=1S/C21H30N4OS/c1-16-6-2-3-7-17(16)22-20(26)14-24-10-12-25(13-11-24)15-21-23-18-8-4-5-9-19(18)27-21/h4-5,8-9,16-17H,2-3,6-7,10-15H2,1H3,(H,22,26)/t16-,17+/m1/s1. The molecule has 1 aromatic heterocycles. The van der Waals surface area contributed by atoms with E-state index in [2.05, 4.69) is 40.2 Å². The summed E-state index contributed by atoms with van der Waals surface area (Å²) in [5, 5.41) is 4.47. The van der Waals surface area contributed by atoms with Gasteiger partial charge >= 0.3 is 0 Å². The molecule has 4 rings (SSSR count). The Balaban J connectivity index is 1.22. The fraction of sp³-hybridized carbons (Fsp3) is 0.619. The van der Waals surface area contributed by atoms with Crippen LogP contribution in [0, 0.1) is 5.92 Å². The van der Waals surface area contributed by atoms with Crippen LogP contribution in [-0.4, -0.2) is 59.5 Å². The van der Waals surface area contributed by atoms with Crippen LogP contribution >= 0.6 is 11.3 Å². The number of aromatic nitrogens is 1. The van der Waals surface area contributed by atoms with Gasteiger partial charge in [0.2, 0.25) is 5.91 Å². The van der Waals surface area contributed by atoms with Crippen molar-refractivity contribution in [2.75, 3.05) is 32.7 Å². The lowest BCUT2D eigenvalue weighted by molar-refractivity contribution is -0.124. The van der Waals surface area contributed by atoms with Crippen molar-refractivity contribution in [1.82, 2.24) is 20.1 Å². The molecule has 1 aliphatic heterocycles. The van der Waals surface area contributed by atoms with Gasteiger partial charge in [-0.1, -0.05) is 31.9 Å². The molecular weight excluding hydrogens is 356 g/mol. The molecule has 2 atom stereocenters. The van der Waals surface area contributed by atoms with Crippen LogP contribution in [0.15, 0.2) is 24.3 Å².